The van der Waals surface area contributed by atoms with E-state index >= 15 is 0 Å². The molecular formula is C16H18FNO2. The zero-order chi connectivity index (χ0) is 14.6. The zero-order valence-corrected chi connectivity index (χ0v) is 11.3. The first kappa shape index (κ1) is 14.5. The van der Waals surface area contributed by atoms with Crippen LogP contribution in [0.5, 0.6) is 5.75 Å². The molecule has 3 N–H and O–H groups in total. The van der Waals surface area contributed by atoms with Crippen molar-refractivity contribution < 1.29 is 14.2 Å². The maximum Gasteiger partial charge on any atom is 0.165 e. The minimum atomic E-state index is -1.06. The summed E-state index contributed by atoms with van der Waals surface area (Å²) >= 11 is 0. The van der Waals surface area contributed by atoms with Crippen LogP contribution in [0.25, 0.3) is 0 Å². The number of aliphatic hydroxyl groups is 1. The molecule has 0 aliphatic rings. The van der Waals surface area contributed by atoms with Gasteiger partial charge < -0.3 is 15.6 Å². The molecule has 3 nitrogen and oxygen atoms in total. The SMILES string of the molecule is Cc1ccc(F)c(OCC(N)(CO)c2ccccc2)c1. The molecule has 1 atom stereocenters. The lowest BCUT2D eigenvalue weighted by Crippen LogP contribution is -2.46. The highest BCUT2D eigenvalue weighted by Crippen LogP contribution is 2.23. The molecule has 1 unspecified atom stereocenters. The first-order valence-corrected chi connectivity index (χ1v) is 6.39. The van der Waals surface area contributed by atoms with E-state index in [4.69, 9.17) is 10.5 Å². The third-order valence-corrected chi connectivity index (χ3v) is 3.20. The monoisotopic (exact) mass is 275 g/mol. The number of hydrogen-bond donors (Lipinski definition) is 2. The van der Waals surface area contributed by atoms with Gasteiger partial charge >= 0.3 is 0 Å². The second-order valence-electron chi connectivity index (χ2n) is 4.90. The molecular weight excluding hydrogens is 257 g/mol. The summed E-state index contributed by atoms with van der Waals surface area (Å²) in [4.78, 5) is 0. The van der Waals surface area contributed by atoms with Crippen LogP contribution >= 0.6 is 0 Å². The molecule has 0 amide bonds. The molecule has 0 saturated heterocycles. The molecule has 2 aromatic carbocycles. The van der Waals surface area contributed by atoms with E-state index in [1.807, 2.05) is 37.3 Å². The Morgan fingerprint density at radius 2 is 1.90 bits per heavy atom. The van der Waals surface area contributed by atoms with Crippen LogP contribution in [0.15, 0.2) is 48.5 Å². The highest BCUT2D eigenvalue weighted by atomic mass is 19.1. The van der Waals surface area contributed by atoms with Crippen molar-refractivity contribution in [1.82, 2.24) is 0 Å². The van der Waals surface area contributed by atoms with Crippen LogP contribution in [0.1, 0.15) is 11.1 Å². The molecule has 2 aromatic rings. The van der Waals surface area contributed by atoms with Crippen molar-refractivity contribution in [3.8, 4) is 5.75 Å². The highest BCUT2D eigenvalue weighted by Gasteiger charge is 2.28. The maximum absolute atomic E-state index is 13.6. The number of benzene rings is 2. The minimum absolute atomic E-state index is 0.00606. The number of hydrogen-bond acceptors (Lipinski definition) is 3. The van der Waals surface area contributed by atoms with Crippen LogP contribution in [-0.2, 0) is 5.54 Å². The van der Waals surface area contributed by atoms with Crippen molar-refractivity contribution in [2.75, 3.05) is 13.2 Å². The summed E-state index contributed by atoms with van der Waals surface area (Å²) in [5, 5.41) is 9.54. The number of aryl methyl sites for hydroxylation is 1. The molecule has 0 aliphatic heterocycles. The predicted molar refractivity (Wildman–Crippen MR) is 76.0 cm³/mol. The normalized spacial score (nSPS) is 13.8. The predicted octanol–water partition coefficient (Wildman–Crippen LogP) is 2.36. The fourth-order valence-electron chi connectivity index (χ4n) is 1.92. The van der Waals surface area contributed by atoms with Gasteiger partial charge in [-0.25, -0.2) is 4.39 Å². The second kappa shape index (κ2) is 6.03. The van der Waals surface area contributed by atoms with E-state index in [2.05, 4.69) is 0 Å². The van der Waals surface area contributed by atoms with Gasteiger partial charge in [-0.05, 0) is 30.2 Å². The first-order valence-electron chi connectivity index (χ1n) is 6.39. The number of ether oxygens (including phenoxy) is 1. The average Bonchev–Trinajstić information content (AvgIpc) is 2.49. The van der Waals surface area contributed by atoms with Crippen molar-refractivity contribution >= 4 is 0 Å². The van der Waals surface area contributed by atoms with Gasteiger partial charge in [-0.3, -0.25) is 0 Å². The molecule has 0 spiro atoms. The lowest BCUT2D eigenvalue weighted by atomic mass is 9.93. The summed E-state index contributed by atoms with van der Waals surface area (Å²) in [6.45, 7) is 1.56. The Kier molecular flexibility index (Phi) is 4.37. The lowest BCUT2D eigenvalue weighted by Gasteiger charge is -2.27. The third-order valence-electron chi connectivity index (χ3n) is 3.20. The quantitative estimate of drug-likeness (QED) is 0.880. The van der Waals surface area contributed by atoms with Gasteiger partial charge in [0.05, 0.1) is 12.1 Å². The summed E-state index contributed by atoms with van der Waals surface area (Å²) in [5.74, 6) is -0.298. The van der Waals surface area contributed by atoms with Crippen LogP contribution in [-0.4, -0.2) is 18.3 Å². The van der Waals surface area contributed by atoms with E-state index < -0.39 is 11.4 Å². The number of nitrogens with two attached hydrogens (primary N) is 1. The molecule has 4 heteroatoms. The van der Waals surface area contributed by atoms with Crippen molar-refractivity contribution in [3.63, 3.8) is 0 Å². The summed E-state index contributed by atoms with van der Waals surface area (Å²) < 4.78 is 19.1. The van der Waals surface area contributed by atoms with Gasteiger partial charge in [0.1, 0.15) is 6.61 Å². The van der Waals surface area contributed by atoms with E-state index in [-0.39, 0.29) is 19.0 Å². The smallest absolute Gasteiger partial charge is 0.165 e. The number of halogens is 1. The average molecular weight is 275 g/mol. The van der Waals surface area contributed by atoms with Gasteiger partial charge in [-0.15, -0.1) is 0 Å². The molecule has 2 rings (SSSR count). The Morgan fingerprint density at radius 3 is 2.55 bits per heavy atom. The molecule has 0 heterocycles. The summed E-state index contributed by atoms with van der Waals surface area (Å²) in [6.07, 6.45) is 0. The summed E-state index contributed by atoms with van der Waals surface area (Å²) in [6, 6.07) is 13.8. The molecule has 0 fully saturated rings. The Balaban J connectivity index is 2.17. The van der Waals surface area contributed by atoms with Crippen LogP contribution < -0.4 is 10.5 Å². The van der Waals surface area contributed by atoms with Crippen molar-refractivity contribution in [3.05, 3.63) is 65.5 Å². The standard InChI is InChI=1S/C16H18FNO2/c1-12-7-8-14(17)15(9-12)20-11-16(18,10-19)13-5-3-2-4-6-13/h2-9,19H,10-11,18H2,1H3. The van der Waals surface area contributed by atoms with Gasteiger partial charge in [0, 0.05) is 0 Å². The van der Waals surface area contributed by atoms with Crippen LogP contribution in [0.3, 0.4) is 0 Å². The van der Waals surface area contributed by atoms with E-state index in [0.717, 1.165) is 11.1 Å². The van der Waals surface area contributed by atoms with Gasteiger partial charge in [0.2, 0.25) is 0 Å². The first-order chi connectivity index (χ1) is 9.55. The second-order valence-corrected chi connectivity index (χ2v) is 4.90. The Bertz CT molecular complexity index is 574. The topological polar surface area (TPSA) is 55.5 Å². The van der Waals surface area contributed by atoms with Crippen LogP contribution in [0, 0.1) is 12.7 Å². The molecule has 106 valence electrons. The fourth-order valence-corrected chi connectivity index (χ4v) is 1.92. The van der Waals surface area contributed by atoms with Crippen LogP contribution in [0.4, 0.5) is 4.39 Å². The van der Waals surface area contributed by atoms with Gasteiger partial charge in [-0.1, -0.05) is 36.4 Å². The van der Waals surface area contributed by atoms with E-state index in [0.29, 0.717) is 0 Å². The number of aliphatic hydroxyl groups excluding tert-OH is 1. The maximum atomic E-state index is 13.6. The Labute approximate surface area is 117 Å². The third kappa shape index (κ3) is 3.15. The van der Waals surface area contributed by atoms with Gasteiger partial charge in [0.15, 0.2) is 11.6 Å². The lowest BCUT2D eigenvalue weighted by molar-refractivity contribution is 0.130. The Morgan fingerprint density at radius 1 is 1.20 bits per heavy atom. The molecule has 0 bridgehead atoms. The minimum Gasteiger partial charge on any atom is -0.488 e. The largest absolute Gasteiger partial charge is 0.488 e. The van der Waals surface area contributed by atoms with Gasteiger partial charge in [0.25, 0.3) is 0 Å². The zero-order valence-electron chi connectivity index (χ0n) is 11.3. The summed E-state index contributed by atoms with van der Waals surface area (Å²) in [7, 11) is 0. The van der Waals surface area contributed by atoms with Crippen molar-refractivity contribution in [1.29, 1.82) is 0 Å². The van der Waals surface area contributed by atoms with Crippen molar-refractivity contribution in [2.24, 2.45) is 5.73 Å². The van der Waals surface area contributed by atoms with Gasteiger partial charge in [-0.2, -0.15) is 0 Å². The molecule has 0 aliphatic carbocycles. The Hall–Kier alpha value is -1.91. The highest BCUT2D eigenvalue weighted by molar-refractivity contribution is 5.30. The molecule has 20 heavy (non-hydrogen) atoms. The molecule has 0 radical (unpaired) electrons. The van der Waals surface area contributed by atoms with E-state index in [1.54, 1.807) is 12.1 Å². The van der Waals surface area contributed by atoms with E-state index in [9.17, 15) is 9.50 Å². The molecule has 0 saturated carbocycles. The summed E-state index contributed by atoms with van der Waals surface area (Å²) in [5.41, 5.74) is 6.74. The van der Waals surface area contributed by atoms with E-state index in [1.165, 1.54) is 6.07 Å². The van der Waals surface area contributed by atoms with Crippen molar-refractivity contribution in [2.45, 2.75) is 12.5 Å². The fraction of sp³-hybridized carbons (Fsp3) is 0.250. The van der Waals surface area contributed by atoms with Crippen LogP contribution in [0.2, 0.25) is 0 Å². The molecule has 0 aromatic heterocycles. The number of rotatable bonds is 5.